The van der Waals surface area contributed by atoms with Crippen LogP contribution in [0.25, 0.3) is 0 Å². The van der Waals surface area contributed by atoms with Crippen molar-refractivity contribution < 1.29 is 9.59 Å². The number of hydrogen-bond acceptors (Lipinski definition) is 4. The summed E-state index contributed by atoms with van der Waals surface area (Å²) in [5.41, 5.74) is -0.127. The topological polar surface area (TPSA) is 64.7 Å². The summed E-state index contributed by atoms with van der Waals surface area (Å²) in [6.07, 6.45) is 0. The van der Waals surface area contributed by atoms with Crippen molar-refractivity contribution in [2.75, 3.05) is 39.3 Å². The fourth-order valence-corrected chi connectivity index (χ4v) is 2.11. The van der Waals surface area contributed by atoms with Gasteiger partial charge in [0.25, 0.3) is 0 Å². The third-order valence-corrected chi connectivity index (χ3v) is 3.52. The molecule has 0 aromatic heterocycles. The zero-order valence-electron chi connectivity index (χ0n) is 15.0. The summed E-state index contributed by atoms with van der Waals surface area (Å²) in [5, 5.41) is 6.42. The molecule has 22 heavy (non-hydrogen) atoms. The van der Waals surface area contributed by atoms with Crippen molar-refractivity contribution in [1.82, 2.24) is 20.4 Å². The van der Waals surface area contributed by atoms with Crippen LogP contribution >= 0.6 is 0 Å². The third kappa shape index (κ3) is 7.22. The van der Waals surface area contributed by atoms with Crippen LogP contribution in [0.3, 0.4) is 0 Å². The van der Waals surface area contributed by atoms with Gasteiger partial charge in [-0.05, 0) is 41.5 Å². The van der Waals surface area contributed by atoms with Gasteiger partial charge in [0.05, 0.1) is 13.1 Å². The second-order valence-electron chi connectivity index (χ2n) is 7.97. The molecule has 6 nitrogen and oxygen atoms in total. The molecule has 1 aliphatic heterocycles. The molecule has 1 fully saturated rings. The molecule has 0 spiro atoms. The van der Waals surface area contributed by atoms with Crippen LogP contribution in [0.5, 0.6) is 0 Å². The predicted molar refractivity (Wildman–Crippen MR) is 88.7 cm³/mol. The van der Waals surface area contributed by atoms with Gasteiger partial charge in [0.15, 0.2) is 0 Å². The largest absolute Gasteiger partial charge is 0.338 e. The zero-order valence-corrected chi connectivity index (χ0v) is 15.0. The minimum Gasteiger partial charge on any atom is -0.338 e. The predicted octanol–water partition coefficient (Wildman–Crippen LogP) is 0.433. The van der Waals surface area contributed by atoms with Gasteiger partial charge in [-0.2, -0.15) is 0 Å². The van der Waals surface area contributed by atoms with E-state index in [1.54, 1.807) is 0 Å². The Balaban J connectivity index is 2.33. The number of piperazine rings is 1. The Morgan fingerprint density at radius 2 is 1.00 bits per heavy atom. The van der Waals surface area contributed by atoms with Crippen LogP contribution in [0, 0.1) is 0 Å². The average Bonchev–Trinajstić information content (AvgIpc) is 2.40. The Morgan fingerprint density at radius 1 is 0.727 bits per heavy atom. The minimum absolute atomic E-state index is 0.0634. The summed E-state index contributed by atoms with van der Waals surface area (Å²) in [5.74, 6) is 0.213. The SMILES string of the molecule is CC(C)(C)NCC(=O)N1CCN(C(=O)CNC(C)(C)C)CC1. The van der Waals surface area contributed by atoms with Gasteiger partial charge < -0.3 is 20.4 Å². The van der Waals surface area contributed by atoms with Crippen molar-refractivity contribution in [2.45, 2.75) is 52.6 Å². The molecule has 0 aromatic carbocycles. The molecule has 0 unspecified atom stereocenters. The molecule has 0 saturated carbocycles. The van der Waals surface area contributed by atoms with E-state index in [0.717, 1.165) is 0 Å². The maximum atomic E-state index is 12.1. The van der Waals surface area contributed by atoms with E-state index in [4.69, 9.17) is 0 Å². The molecule has 2 amide bonds. The average molecular weight is 312 g/mol. The summed E-state index contributed by atoms with van der Waals surface area (Å²) < 4.78 is 0. The lowest BCUT2D eigenvalue weighted by Crippen LogP contribution is -2.55. The van der Waals surface area contributed by atoms with E-state index in [0.29, 0.717) is 39.3 Å². The third-order valence-electron chi connectivity index (χ3n) is 3.52. The molecule has 2 N–H and O–H groups in total. The summed E-state index contributed by atoms with van der Waals surface area (Å²) in [4.78, 5) is 27.9. The van der Waals surface area contributed by atoms with Gasteiger partial charge in [0, 0.05) is 37.3 Å². The molecule has 0 aliphatic carbocycles. The second-order valence-corrected chi connectivity index (χ2v) is 7.97. The maximum absolute atomic E-state index is 12.1. The fraction of sp³-hybridized carbons (Fsp3) is 0.875. The number of nitrogens with one attached hydrogen (secondary N) is 2. The Kier molecular flexibility index (Phi) is 6.38. The van der Waals surface area contributed by atoms with Crippen molar-refractivity contribution in [2.24, 2.45) is 0 Å². The first-order chi connectivity index (χ1) is 9.98. The highest BCUT2D eigenvalue weighted by atomic mass is 16.2. The number of amides is 2. The Labute approximate surface area is 134 Å². The van der Waals surface area contributed by atoms with E-state index in [1.807, 2.05) is 51.3 Å². The van der Waals surface area contributed by atoms with Crippen molar-refractivity contribution in [3.05, 3.63) is 0 Å². The number of carbonyl (C=O) groups excluding carboxylic acids is 2. The normalized spacial score (nSPS) is 16.8. The zero-order chi connectivity index (χ0) is 17.0. The molecule has 0 aromatic rings. The molecule has 1 heterocycles. The van der Waals surface area contributed by atoms with E-state index >= 15 is 0 Å². The van der Waals surface area contributed by atoms with Crippen molar-refractivity contribution in [1.29, 1.82) is 0 Å². The fourth-order valence-electron chi connectivity index (χ4n) is 2.11. The second kappa shape index (κ2) is 7.42. The molecule has 0 radical (unpaired) electrons. The standard InChI is InChI=1S/C16H32N4O2/c1-15(2,3)17-11-13(21)19-7-9-20(10-8-19)14(22)12-18-16(4,5)6/h17-18H,7-12H2,1-6H3. The molecule has 1 aliphatic rings. The van der Waals surface area contributed by atoms with Crippen molar-refractivity contribution in [3.63, 3.8) is 0 Å². The molecular weight excluding hydrogens is 280 g/mol. The highest BCUT2D eigenvalue weighted by Crippen LogP contribution is 2.05. The molecule has 6 heteroatoms. The lowest BCUT2D eigenvalue weighted by Gasteiger charge is -2.36. The Morgan fingerprint density at radius 3 is 1.23 bits per heavy atom. The van der Waals surface area contributed by atoms with Crippen LogP contribution in [0.1, 0.15) is 41.5 Å². The first kappa shape index (κ1) is 18.9. The monoisotopic (exact) mass is 312 g/mol. The lowest BCUT2D eigenvalue weighted by atomic mass is 10.1. The Hall–Kier alpha value is -1.14. The van der Waals surface area contributed by atoms with E-state index in [9.17, 15) is 9.59 Å². The molecule has 0 atom stereocenters. The van der Waals surface area contributed by atoms with Crippen LogP contribution < -0.4 is 10.6 Å². The van der Waals surface area contributed by atoms with Gasteiger partial charge in [0.1, 0.15) is 0 Å². The highest BCUT2D eigenvalue weighted by Gasteiger charge is 2.25. The van der Waals surface area contributed by atoms with E-state index in [-0.39, 0.29) is 22.9 Å². The lowest BCUT2D eigenvalue weighted by molar-refractivity contribution is -0.138. The van der Waals surface area contributed by atoms with Crippen LogP contribution in [0.15, 0.2) is 0 Å². The smallest absolute Gasteiger partial charge is 0.236 e. The summed E-state index contributed by atoms with van der Waals surface area (Å²) >= 11 is 0. The molecular formula is C16H32N4O2. The van der Waals surface area contributed by atoms with Gasteiger partial charge in [-0.1, -0.05) is 0 Å². The number of hydrogen-bond donors (Lipinski definition) is 2. The molecule has 128 valence electrons. The Bertz CT molecular complexity index is 350. The van der Waals surface area contributed by atoms with Crippen LogP contribution in [0.2, 0.25) is 0 Å². The summed E-state index contributed by atoms with van der Waals surface area (Å²) in [6.45, 7) is 15.4. The molecule has 1 saturated heterocycles. The molecule has 0 bridgehead atoms. The van der Waals surface area contributed by atoms with Gasteiger partial charge in [-0.3, -0.25) is 9.59 Å². The quantitative estimate of drug-likeness (QED) is 0.790. The summed E-state index contributed by atoms with van der Waals surface area (Å²) in [6, 6.07) is 0. The highest BCUT2D eigenvalue weighted by molar-refractivity contribution is 5.80. The number of nitrogens with zero attached hydrogens (tertiary/aromatic N) is 2. The minimum atomic E-state index is -0.0634. The van der Waals surface area contributed by atoms with Crippen molar-refractivity contribution >= 4 is 11.8 Å². The first-order valence-electron chi connectivity index (χ1n) is 8.03. The van der Waals surface area contributed by atoms with Crippen LogP contribution in [-0.2, 0) is 9.59 Å². The first-order valence-corrected chi connectivity index (χ1v) is 8.03. The van der Waals surface area contributed by atoms with E-state index in [2.05, 4.69) is 10.6 Å². The van der Waals surface area contributed by atoms with Gasteiger partial charge in [-0.15, -0.1) is 0 Å². The van der Waals surface area contributed by atoms with Gasteiger partial charge >= 0.3 is 0 Å². The van der Waals surface area contributed by atoms with Gasteiger partial charge in [-0.25, -0.2) is 0 Å². The van der Waals surface area contributed by atoms with Crippen LogP contribution in [-0.4, -0.2) is 72.0 Å². The van der Waals surface area contributed by atoms with E-state index < -0.39 is 0 Å². The molecule has 1 rings (SSSR count). The summed E-state index contributed by atoms with van der Waals surface area (Å²) in [7, 11) is 0. The van der Waals surface area contributed by atoms with Crippen molar-refractivity contribution in [3.8, 4) is 0 Å². The number of rotatable bonds is 4. The van der Waals surface area contributed by atoms with Crippen LogP contribution in [0.4, 0.5) is 0 Å². The number of carbonyl (C=O) groups is 2. The van der Waals surface area contributed by atoms with E-state index in [1.165, 1.54) is 0 Å². The maximum Gasteiger partial charge on any atom is 0.236 e. The van der Waals surface area contributed by atoms with Gasteiger partial charge in [0.2, 0.25) is 11.8 Å².